The second-order valence-corrected chi connectivity index (χ2v) is 14.5. The fraction of sp³-hybridized carbons (Fsp3) is 0.611. The monoisotopic (exact) mass is 700 g/mol. The smallest absolute Gasteiger partial charge is 0.202 e. The Labute approximate surface area is 290 Å². The number of aromatic hydroxyl groups is 3. The Morgan fingerprint density at radius 1 is 0.800 bits per heavy atom. The van der Waals surface area contributed by atoms with E-state index in [1.54, 1.807) is 20.8 Å². The molecular weight excluding hydrogens is 652 g/mol. The average Bonchev–Trinajstić information content (AvgIpc) is 3.05. The number of carbonyl (C=O) groups excluding carboxylic acids is 2. The Kier molecular flexibility index (Phi) is 9.82. The van der Waals surface area contributed by atoms with Crippen LogP contribution in [0.3, 0.4) is 0 Å². The van der Waals surface area contributed by atoms with Crippen molar-refractivity contribution in [2.45, 2.75) is 113 Å². The Hall–Kier alpha value is -3.18. The van der Waals surface area contributed by atoms with Gasteiger partial charge in [-0.1, -0.05) is 19.1 Å². The molecule has 2 aliphatic carbocycles. The highest BCUT2D eigenvalue weighted by Crippen LogP contribution is 2.58. The predicted octanol–water partition coefficient (Wildman–Crippen LogP) is 2.09. The number of ether oxygens (including phenoxy) is 4. The second kappa shape index (κ2) is 13.4. The van der Waals surface area contributed by atoms with Gasteiger partial charge in [-0.2, -0.15) is 0 Å². The van der Waals surface area contributed by atoms with Gasteiger partial charge in [-0.25, -0.2) is 0 Å². The molecule has 0 saturated carbocycles. The van der Waals surface area contributed by atoms with Crippen molar-refractivity contribution in [3.8, 4) is 17.2 Å². The zero-order valence-corrected chi connectivity index (χ0v) is 29.4. The molecule has 14 nitrogen and oxygen atoms in total. The normalized spacial score (nSPS) is 35.6. The molecule has 0 aromatic heterocycles. The number of phenols is 3. The van der Waals surface area contributed by atoms with Gasteiger partial charge in [0, 0.05) is 48.0 Å². The molecule has 0 radical (unpaired) electrons. The fourth-order valence-electron chi connectivity index (χ4n) is 8.05. The summed E-state index contributed by atoms with van der Waals surface area (Å²) >= 11 is 0. The number of aliphatic hydroxyl groups is 3. The Morgan fingerprint density at radius 2 is 1.32 bits per heavy atom. The third-order valence-electron chi connectivity index (χ3n) is 11.0. The van der Waals surface area contributed by atoms with E-state index in [0.717, 1.165) is 0 Å². The van der Waals surface area contributed by atoms with Gasteiger partial charge in [-0.3, -0.25) is 9.59 Å². The first-order chi connectivity index (χ1) is 23.5. The van der Waals surface area contributed by atoms with Gasteiger partial charge in [-0.15, -0.1) is 0 Å². The first-order valence-corrected chi connectivity index (χ1v) is 17.1. The molecule has 2 aliphatic heterocycles. The summed E-state index contributed by atoms with van der Waals surface area (Å²) in [6.45, 7) is 5.12. The SMILES string of the molecule is CC[C@]1(O)C[C@H](O[C@@H]2C[C@H](N(C)C)[C@H](O)[C@H](C)O2)c2c(O)c3c(c(O)c2[C@@H]1O[C@@H]1C[C@H](N(C)C)[C@H](O)[C@H](C)O1)C(=O)c1cccc(O)c1C3=O. The highest BCUT2D eigenvalue weighted by Gasteiger charge is 2.54. The number of phenolic OH excluding ortho intramolecular Hbond substituents is 3. The number of nitrogens with zero attached hydrogens (tertiary/aromatic N) is 2. The largest absolute Gasteiger partial charge is 0.507 e. The van der Waals surface area contributed by atoms with Crippen LogP contribution < -0.4 is 0 Å². The summed E-state index contributed by atoms with van der Waals surface area (Å²) in [5.74, 6) is -3.49. The van der Waals surface area contributed by atoms with Crippen LogP contribution >= 0.6 is 0 Å². The van der Waals surface area contributed by atoms with Gasteiger partial charge in [0.1, 0.15) is 23.4 Å². The second-order valence-electron chi connectivity index (χ2n) is 14.5. The molecule has 50 heavy (non-hydrogen) atoms. The maximum absolute atomic E-state index is 14.0. The van der Waals surface area contributed by atoms with Crippen molar-refractivity contribution >= 4 is 11.6 Å². The molecule has 0 bridgehead atoms. The van der Waals surface area contributed by atoms with Crippen molar-refractivity contribution in [3.63, 3.8) is 0 Å². The lowest BCUT2D eigenvalue weighted by atomic mass is 9.70. The van der Waals surface area contributed by atoms with Crippen LogP contribution in [0.15, 0.2) is 18.2 Å². The van der Waals surface area contributed by atoms with Crippen molar-refractivity contribution in [2.75, 3.05) is 28.2 Å². The van der Waals surface area contributed by atoms with Crippen LogP contribution in [0.2, 0.25) is 0 Å². The number of likely N-dealkylation sites (N-methyl/N-ethyl adjacent to an activating group) is 2. The molecule has 2 heterocycles. The van der Waals surface area contributed by atoms with Gasteiger partial charge >= 0.3 is 0 Å². The van der Waals surface area contributed by atoms with Crippen molar-refractivity contribution in [3.05, 3.63) is 51.6 Å². The van der Waals surface area contributed by atoms with Crippen LogP contribution in [0.4, 0.5) is 0 Å². The lowest BCUT2D eigenvalue weighted by Gasteiger charge is -2.48. The highest BCUT2D eigenvalue weighted by atomic mass is 16.7. The lowest BCUT2D eigenvalue weighted by molar-refractivity contribution is -0.289. The minimum Gasteiger partial charge on any atom is -0.507 e. The van der Waals surface area contributed by atoms with Gasteiger partial charge in [-0.05, 0) is 54.5 Å². The van der Waals surface area contributed by atoms with Crippen LogP contribution in [-0.2, 0) is 18.9 Å². The molecule has 2 aromatic carbocycles. The summed E-state index contributed by atoms with van der Waals surface area (Å²) in [5.41, 5.74) is -3.47. The Morgan fingerprint density at radius 3 is 1.86 bits per heavy atom. The molecule has 0 unspecified atom stereocenters. The van der Waals surface area contributed by atoms with E-state index >= 15 is 0 Å². The van der Waals surface area contributed by atoms with E-state index in [1.807, 2.05) is 38.0 Å². The van der Waals surface area contributed by atoms with E-state index < -0.39 is 94.7 Å². The zero-order chi connectivity index (χ0) is 36.6. The molecular formula is C36H48N2O12. The molecule has 4 aliphatic rings. The van der Waals surface area contributed by atoms with Gasteiger partial charge in [0.2, 0.25) is 5.78 Å². The minimum absolute atomic E-state index is 0.0702. The first-order valence-electron chi connectivity index (χ1n) is 17.1. The molecule has 0 spiro atoms. The van der Waals surface area contributed by atoms with E-state index in [4.69, 9.17) is 18.9 Å². The zero-order valence-electron chi connectivity index (χ0n) is 29.4. The van der Waals surface area contributed by atoms with Crippen molar-refractivity contribution in [2.24, 2.45) is 0 Å². The number of hydrogen-bond donors (Lipinski definition) is 6. The maximum Gasteiger partial charge on any atom is 0.202 e. The van der Waals surface area contributed by atoms with E-state index in [9.17, 15) is 40.2 Å². The molecule has 274 valence electrons. The van der Waals surface area contributed by atoms with Crippen molar-refractivity contribution < 1.29 is 59.2 Å². The average molecular weight is 701 g/mol. The van der Waals surface area contributed by atoms with Crippen LogP contribution in [-0.4, -0.2) is 135 Å². The quantitative estimate of drug-likeness (QED) is 0.196. The predicted molar refractivity (Wildman–Crippen MR) is 177 cm³/mol. The summed E-state index contributed by atoms with van der Waals surface area (Å²) in [6, 6.07) is 3.25. The number of hydrogen-bond acceptors (Lipinski definition) is 14. The third kappa shape index (κ3) is 5.90. The molecule has 11 atom stereocenters. The van der Waals surface area contributed by atoms with Crippen LogP contribution in [0.25, 0.3) is 0 Å². The standard InChI is InChI=1S/C36H48N2O12/c1-8-36(46)14-21(49-22-12-18(37(4)5)29(40)15(2)47-22)25-28(35(36)50-23-13-19(38(6)7)30(41)16(3)48-23)34(45)26-27(33(25)44)32(43)24-17(31(26)42)10-9-11-20(24)39/h9-11,15-16,18-19,21-23,29-30,35,39-41,44-46H,8,12-14H2,1-7H3/t15-,16-,18-,19-,21-,22+,23+,29+,30+,35-,36-/m0/s1. The van der Waals surface area contributed by atoms with Gasteiger partial charge in [0.15, 0.2) is 18.4 Å². The van der Waals surface area contributed by atoms with Crippen LogP contribution in [0, 0.1) is 0 Å². The molecule has 0 amide bonds. The molecule has 2 fully saturated rings. The number of carbonyl (C=O) groups is 2. The molecule has 6 N–H and O–H groups in total. The topological polar surface area (TPSA) is 199 Å². The van der Waals surface area contributed by atoms with Gasteiger partial charge in [0.05, 0.1) is 52.8 Å². The van der Waals surface area contributed by atoms with Crippen LogP contribution in [0.5, 0.6) is 17.2 Å². The lowest BCUT2D eigenvalue weighted by Crippen LogP contribution is -2.55. The minimum atomic E-state index is -1.77. The molecule has 6 rings (SSSR count). The Balaban J connectivity index is 1.52. The van der Waals surface area contributed by atoms with Gasteiger partial charge in [0.25, 0.3) is 0 Å². The summed E-state index contributed by atoms with van der Waals surface area (Å²) in [7, 11) is 7.25. The molecule has 2 saturated heterocycles. The highest BCUT2D eigenvalue weighted by molar-refractivity contribution is 6.31. The van der Waals surface area contributed by atoms with E-state index in [2.05, 4.69) is 0 Å². The molecule has 14 heteroatoms. The molecule has 2 aromatic rings. The summed E-state index contributed by atoms with van der Waals surface area (Å²) in [6.07, 6.45) is -7.20. The summed E-state index contributed by atoms with van der Waals surface area (Å²) in [4.78, 5) is 31.6. The number of ketones is 2. The van der Waals surface area contributed by atoms with Crippen molar-refractivity contribution in [1.82, 2.24) is 9.80 Å². The number of benzene rings is 2. The third-order valence-corrected chi connectivity index (χ3v) is 11.0. The van der Waals surface area contributed by atoms with Gasteiger partial charge < -0.3 is 59.4 Å². The fourth-order valence-corrected chi connectivity index (χ4v) is 8.05. The van der Waals surface area contributed by atoms with Crippen LogP contribution in [0.1, 0.15) is 102 Å². The summed E-state index contributed by atoms with van der Waals surface area (Å²) < 4.78 is 25.1. The maximum atomic E-state index is 14.0. The van der Waals surface area contributed by atoms with E-state index in [0.29, 0.717) is 0 Å². The number of fused-ring (bicyclic) bond motifs is 3. The number of rotatable bonds is 7. The van der Waals surface area contributed by atoms with E-state index in [1.165, 1.54) is 18.2 Å². The Bertz CT molecular complexity index is 1660. The van der Waals surface area contributed by atoms with Crippen molar-refractivity contribution in [1.29, 1.82) is 0 Å². The summed E-state index contributed by atoms with van der Waals surface area (Å²) in [5, 5.41) is 68.8. The van der Waals surface area contributed by atoms with E-state index in [-0.39, 0.29) is 60.0 Å². The number of aliphatic hydroxyl groups excluding tert-OH is 2. The first kappa shape index (κ1) is 36.6.